The average Bonchev–Trinajstić information content (AvgIpc) is 2.79. The van der Waals surface area contributed by atoms with Crippen LogP contribution in [0.2, 0.25) is 0 Å². The molecule has 0 saturated carbocycles. The molecular formula is C14H18N2O5. The zero-order chi connectivity index (χ0) is 14.7. The number of benzene rings is 1. The van der Waals surface area contributed by atoms with E-state index in [1.165, 1.54) is 6.92 Å². The van der Waals surface area contributed by atoms with Crippen LogP contribution >= 0.6 is 0 Å². The molecule has 1 heterocycles. The molecule has 0 aliphatic carbocycles. The Morgan fingerprint density at radius 2 is 2.14 bits per heavy atom. The number of aliphatic carboxylic acids is 1. The third kappa shape index (κ3) is 3.73. The number of carbonyl (C=O) groups is 2. The second-order valence-electron chi connectivity index (χ2n) is 4.52. The van der Waals surface area contributed by atoms with Gasteiger partial charge in [-0.3, -0.25) is 4.79 Å². The lowest BCUT2D eigenvalue weighted by Gasteiger charge is -2.12. The molecule has 7 nitrogen and oxygen atoms in total. The lowest BCUT2D eigenvalue weighted by Crippen LogP contribution is -2.41. The van der Waals surface area contributed by atoms with Gasteiger partial charge in [0, 0.05) is 30.4 Å². The first-order valence-corrected chi connectivity index (χ1v) is 6.15. The topological polar surface area (TPSA) is 123 Å². The highest BCUT2D eigenvalue weighted by molar-refractivity contribution is 5.87. The van der Waals surface area contributed by atoms with Gasteiger partial charge in [-0.25, -0.2) is 4.79 Å². The zero-order valence-electron chi connectivity index (χ0n) is 11.8. The number of ether oxygens (including phenoxy) is 1. The predicted molar refractivity (Wildman–Crippen MR) is 77.4 cm³/mol. The highest BCUT2D eigenvalue weighted by Gasteiger charge is 2.20. The van der Waals surface area contributed by atoms with Crippen molar-refractivity contribution in [2.45, 2.75) is 19.4 Å². The summed E-state index contributed by atoms with van der Waals surface area (Å²) < 4.78 is 5.16. The monoisotopic (exact) mass is 294 g/mol. The minimum atomic E-state index is -1.06. The van der Waals surface area contributed by atoms with Gasteiger partial charge in [0.25, 0.3) is 0 Å². The van der Waals surface area contributed by atoms with E-state index in [9.17, 15) is 9.59 Å². The molecule has 114 valence electrons. The van der Waals surface area contributed by atoms with Crippen molar-refractivity contribution in [1.29, 1.82) is 0 Å². The van der Waals surface area contributed by atoms with Crippen LogP contribution in [0.4, 0.5) is 0 Å². The van der Waals surface area contributed by atoms with Crippen LogP contribution in [-0.4, -0.2) is 40.6 Å². The van der Waals surface area contributed by atoms with Gasteiger partial charge in [0.15, 0.2) is 0 Å². The van der Waals surface area contributed by atoms with Crippen LogP contribution in [0.3, 0.4) is 0 Å². The molecule has 0 aliphatic rings. The number of fused-ring (bicyclic) bond motifs is 1. The maximum atomic E-state index is 11.2. The number of nitrogens with one attached hydrogen (secondary N) is 2. The maximum absolute atomic E-state index is 11.2. The van der Waals surface area contributed by atoms with Gasteiger partial charge in [0.05, 0.1) is 7.11 Å². The minimum absolute atomic E-state index is 0. The van der Waals surface area contributed by atoms with E-state index in [2.05, 4.69) is 10.3 Å². The summed E-state index contributed by atoms with van der Waals surface area (Å²) in [7, 11) is 1.57. The molecule has 5 N–H and O–H groups in total. The van der Waals surface area contributed by atoms with Gasteiger partial charge in [-0.1, -0.05) is 0 Å². The Labute approximate surface area is 121 Å². The van der Waals surface area contributed by atoms with Crippen molar-refractivity contribution in [2.75, 3.05) is 7.11 Å². The van der Waals surface area contributed by atoms with Gasteiger partial charge in [-0.05, 0) is 23.8 Å². The summed E-state index contributed by atoms with van der Waals surface area (Å²) in [5.74, 6) is -0.725. The SMILES string of the molecule is COc1ccc2[nH]cc(CC(NC(C)=O)C(=O)O)c2c1.O. The molecule has 7 heteroatoms. The minimum Gasteiger partial charge on any atom is -0.497 e. The van der Waals surface area contributed by atoms with Crippen molar-refractivity contribution >= 4 is 22.8 Å². The highest BCUT2D eigenvalue weighted by Crippen LogP contribution is 2.24. The Balaban J connectivity index is 0.00000220. The smallest absolute Gasteiger partial charge is 0.326 e. The fourth-order valence-corrected chi connectivity index (χ4v) is 2.12. The Hall–Kier alpha value is -2.54. The first-order chi connectivity index (χ1) is 9.51. The normalized spacial score (nSPS) is 11.5. The van der Waals surface area contributed by atoms with Crippen molar-refractivity contribution in [2.24, 2.45) is 0 Å². The van der Waals surface area contributed by atoms with E-state index in [4.69, 9.17) is 9.84 Å². The van der Waals surface area contributed by atoms with E-state index < -0.39 is 12.0 Å². The van der Waals surface area contributed by atoms with Crippen molar-refractivity contribution < 1.29 is 24.9 Å². The Bertz CT molecular complexity index is 650. The van der Waals surface area contributed by atoms with Crippen molar-refractivity contribution in [3.8, 4) is 5.75 Å². The van der Waals surface area contributed by atoms with Gasteiger partial charge in [0.1, 0.15) is 11.8 Å². The summed E-state index contributed by atoms with van der Waals surface area (Å²) in [6, 6.07) is 4.59. The third-order valence-corrected chi connectivity index (χ3v) is 3.07. The number of hydrogen-bond donors (Lipinski definition) is 3. The van der Waals surface area contributed by atoms with E-state index >= 15 is 0 Å². The van der Waals surface area contributed by atoms with Gasteiger partial charge in [-0.2, -0.15) is 0 Å². The Kier molecular flexibility index (Phi) is 5.31. The lowest BCUT2D eigenvalue weighted by molar-refractivity contribution is -0.141. The average molecular weight is 294 g/mol. The van der Waals surface area contributed by atoms with Crippen LogP contribution in [0.1, 0.15) is 12.5 Å². The fourth-order valence-electron chi connectivity index (χ4n) is 2.12. The standard InChI is InChI=1S/C14H16N2O4.H2O/c1-8(17)16-13(14(18)19)5-9-7-15-12-4-3-10(20-2)6-11(9)12;/h3-4,6-7,13,15H,5H2,1-2H3,(H,16,17)(H,18,19);1H2. The maximum Gasteiger partial charge on any atom is 0.326 e. The zero-order valence-corrected chi connectivity index (χ0v) is 11.8. The summed E-state index contributed by atoms with van der Waals surface area (Å²) in [5, 5.41) is 12.5. The van der Waals surface area contributed by atoms with Crippen LogP contribution in [0, 0.1) is 0 Å². The van der Waals surface area contributed by atoms with Crippen molar-refractivity contribution in [1.82, 2.24) is 10.3 Å². The van der Waals surface area contributed by atoms with E-state index in [1.54, 1.807) is 13.3 Å². The molecule has 1 aromatic carbocycles. The second-order valence-corrected chi connectivity index (χ2v) is 4.52. The first kappa shape index (κ1) is 16.5. The van der Waals surface area contributed by atoms with Gasteiger partial charge >= 0.3 is 5.97 Å². The number of carbonyl (C=O) groups excluding carboxylic acids is 1. The molecule has 21 heavy (non-hydrogen) atoms. The number of hydrogen-bond acceptors (Lipinski definition) is 3. The predicted octanol–water partition coefficient (Wildman–Crippen LogP) is 0.484. The summed E-state index contributed by atoms with van der Waals surface area (Å²) >= 11 is 0. The quantitative estimate of drug-likeness (QED) is 0.742. The van der Waals surface area contributed by atoms with Gasteiger partial charge in [0.2, 0.25) is 5.91 Å². The molecule has 1 atom stereocenters. The van der Waals surface area contributed by atoms with Crippen LogP contribution in [0.15, 0.2) is 24.4 Å². The Morgan fingerprint density at radius 1 is 1.43 bits per heavy atom. The molecule has 2 aromatic rings. The van der Waals surface area contributed by atoms with Gasteiger partial charge < -0.3 is 25.6 Å². The van der Waals surface area contributed by atoms with Crippen LogP contribution in [0.25, 0.3) is 10.9 Å². The molecule has 1 unspecified atom stereocenters. The third-order valence-electron chi connectivity index (χ3n) is 3.07. The molecule has 0 saturated heterocycles. The summed E-state index contributed by atoms with van der Waals surface area (Å²) in [4.78, 5) is 25.3. The van der Waals surface area contributed by atoms with Crippen LogP contribution < -0.4 is 10.1 Å². The van der Waals surface area contributed by atoms with E-state index in [0.717, 1.165) is 16.5 Å². The van der Waals surface area contributed by atoms with Crippen LogP contribution in [-0.2, 0) is 16.0 Å². The van der Waals surface area contributed by atoms with E-state index in [-0.39, 0.29) is 17.8 Å². The summed E-state index contributed by atoms with van der Waals surface area (Å²) in [6.45, 7) is 1.30. The molecule has 1 aromatic heterocycles. The number of rotatable bonds is 5. The van der Waals surface area contributed by atoms with Crippen molar-refractivity contribution in [3.05, 3.63) is 30.0 Å². The van der Waals surface area contributed by atoms with Crippen molar-refractivity contribution in [3.63, 3.8) is 0 Å². The largest absolute Gasteiger partial charge is 0.497 e. The molecule has 0 fully saturated rings. The fraction of sp³-hybridized carbons (Fsp3) is 0.286. The second kappa shape index (κ2) is 6.76. The number of methoxy groups -OCH3 is 1. The van der Waals surface area contributed by atoms with E-state index in [1.807, 2.05) is 18.2 Å². The Morgan fingerprint density at radius 3 is 2.71 bits per heavy atom. The lowest BCUT2D eigenvalue weighted by atomic mass is 10.0. The number of carboxylic acid groups (broad SMARTS) is 1. The molecule has 0 radical (unpaired) electrons. The molecule has 0 bridgehead atoms. The molecule has 1 amide bonds. The van der Waals surface area contributed by atoms with E-state index in [0.29, 0.717) is 5.75 Å². The highest BCUT2D eigenvalue weighted by atomic mass is 16.5. The number of amides is 1. The number of H-pyrrole nitrogens is 1. The number of aromatic nitrogens is 1. The first-order valence-electron chi connectivity index (χ1n) is 6.15. The number of aromatic amines is 1. The summed E-state index contributed by atoms with van der Waals surface area (Å²) in [6.07, 6.45) is 1.96. The molecule has 2 rings (SSSR count). The van der Waals surface area contributed by atoms with Crippen LogP contribution in [0.5, 0.6) is 5.75 Å². The molecular weight excluding hydrogens is 276 g/mol. The molecule has 0 aliphatic heterocycles. The summed E-state index contributed by atoms with van der Waals surface area (Å²) in [5.41, 5.74) is 1.72. The molecule has 0 spiro atoms. The van der Waals surface area contributed by atoms with Gasteiger partial charge in [-0.15, -0.1) is 0 Å². The number of carboxylic acids is 1.